The lowest BCUT2D eigenvalue weighted by atomic mass is 9.70. The maximum Gasteiger partial charge on any atom is 0.0598 e. The van der Waals surface area contributed by atoms with Crippen molar-refractivity contribution in [1.29, 1.82) is 0 Å². The van der Waals surface area contributed by atoms with Crippen LogP contribution in [0.2, 0.25) is 10.0 Å². The van der Waals surface area contributed by atoms with E-state index in [0.29, 0.717) is 10.0 Å². The van der Waals surface area contributed by atoms with Crippen molar-refractivity contribution in [3.8, 4) is 0 Å². The summed E-state index contributed by atoms with van der Waals surface area (Å²) in [7, 11) is 0. The highest BCUT2D eigenvalue weighted by Gasteiger charge is 2.28. The molecule has 0 heterocycles. The highest BCUT2D eigenvalue weighted by atomic mass is 35.5. The summed E-state index contributed by atoms with van der Waals surface area (Å²) in [6.45, 7) is 2.31. The Morgan fingerprint density at radius 1 is 0.920 bits per heavy atom. The molecule has 1 fully saturated rings. The number of hydrogen-bond acceptors (Lipinski definition) is 0. The standard InChI is InChI=1S/C23H32Cl2/c1-2-3-4-5-17-6-8-18(9-7-17)19-10-12-20(13-11-19)21-14-15-22(24)23(25)16-21/h12,14-19H,2-11,13H2,1H3/t17-,18-,19?. The summed E-state index contributed by atoms with van der Waals surface area (Å²) in [5, 5.41) is 1.32. The monoisotopic (exact) mass is 378 g/mol. The molecule has 1 atom stereocenters. The SMILES string of the molecule is CCCCC[C@H]1CC[C@H](C2CC=C(c3ccc(Cl)c(Cl)c3)CC2)CC1. The van der Waals surface area contributed by atoms with Crippen LogP contribution in [0.1, 0.15) is 83.1 Å². The summed E-state index contributed by atoms with van der Waals surface area (Å²) < 4.78 is 0. The van der Waals surface area contributed by atoms with Gasteiger partial charge in [0.2, 0.25) is 0 Å². The van der Waals surface area contributed by atoms with Gasteiger partial charge in [-0.25, -0.2) is 0 Å². The Kier molecular flexibility index (Phi) is 7.31. The molecule has 1 aromatic carbocycles. The summed E-state index contributed by atoms with van der Waals surface area (Å²) in [5.41, 5.74) is 2.72. The van der Waals surface area contributed by atoms with Crippen LogP contribution in [-0.4, -0.2) is 0 Å². The molecule has 0 aromatic heterocycles. The fourth-order valence-corrected chi connectivity index (χ4v) is 5.17. The average molecular weight is 379 g/mol. The molecule has 0 N–H and O–H groups in total. The first-order chi connectivity index (χ1) is 12.2. The Morgan fingerprint density at radius 3 is 2.36 bits per heavy atom. The molecule has 0 spiro atoms. The lowest BCUT2D eigenvalue weighted by molar-refractivity contribution is 0.187. The van der Waals surface area contributed by atoms with E-state index in [1.54, 1.807) is 0 Å². The molecule has 0 aliphatic heterocycles. The highest BCUT2D eigenvalue weighted by molar-refractivity contribution is 6.42. The topological polar surface area (TPSA) is 0 Å². The van der Waals surface area contributed by atoms with E-state index in [2.05, 4.69) is 19.1 Å². The third kappa shape index (κ3) is 5.27. The molecule has 2 heteroatoms. The number of allylic oxidation sites excluding steroid dienone is 2. The van der Waals surface area contributed by atoms with Crippen molar-refractivity contribution in [2.24, 2.45) is 17.8 Å². The Balaban J connectivity index is 1.49. The zero-order chi connectivity index (χ0) is 17.6. The Morgan fingerprint density at radius 2 is 1.72 bits per heavy atom. The van der Waals surface area contributed by atoms with Crippen molar-refractivity contribution < 1.29 is 0 Å². The van der Waals surface area contributed by atoms with Crippen molar-refractivity contribution in [1.82, 2.24) is 0 Å². The molecule has 1 saturated carbocycles. The average Bonchev–Trinajstić information content (AvgIpc) is 2.65. The molecule has 0 amide bonds. The van der Waals surface area contributed by atoms with Crippen molar-refractivity contribution in [3.05, 3.63) is 39.9 Å². The van der Waals surface area contributed by atoms with E-state index in [4.69, 9.17) is 23.2 Å². The van der Waals surface area contributed by atoms with E-state index < -0.39 is 0 Å². The van der Waals surface area contributed by atoms with Crippen LogP contribution in [0.5, 0.6) is 0 Å². The van der Waals surface area contributed by atoms with E-state index in [9.17, 15) is 0 Å². The number of unbranched alkanes of at least 4 members (excludes halogenated alkanes) is 2. The van der Waals surface area contributed by atoms with E-state index in [1.807, 2.05) is 12.1 Å². The minimum absolute atomic E-state index is 0.649. The summed E-state index contributed by atoms with van der Waals surface area (Å²) in [5.74, 6) is 2.89. The third-order valence-corrected chi connectivity index (χ3v) is 7.25. The summed E-state index contributed by atoms with van der Waals surface area (Å²) in [6, 6.07) is 6.06. The molecule has 2 aliphatic rings. The van der Waals surface area contributed by atoms with Crippen molar-refractivity contribution in [2.75, 3.05) is 0 Å². The van der Waals surface area contributed by atoms with Gasteiger partial charge in [0.05, 0.1) is 10.0 Å². The number of benzene rings is 1. The summed E-state index contributed by atoms with van der Waals surface area (Å²) >= 11 is 12.2. The fraction of sp³-hybridized carbons (Fsp3) is 0.652. The minimum Gasteiger partial charge on any atom is -0.0827 e. The minimum atomic E-state index is 0.649. The molecule has 0 nitrogen and oxygen atoms in total. The molecule has 25 heavy (non-hydrogen) atoms. The van der Waals surface area contributed by atoms with E-state index in [0.717, 1.165) is 17.8 Å². The molecule has 1 unspecified atom stereocenters. The molecular formula is C23H32Cl2. The Hall–Kier alpha value is -0.460. The first kappa shape index (κ1) is 19.3. The lowest BCUT2D eigenvalue weighted by Crippen LogP contribution is -2.23. The van der Waals surface area contributed by atoms with Crippen LogP contribution in [0.15, 0.2) is 24.3 Å². The Bertz CT molecular complexity index is 582. The summed E-state index contributed by atoms with van der Waals surface area (Å²) in [6.07, 6.45) is 17.9. The Labute approximate surface area is 164 Å². The van der Waals surface area contributed by atoms with Crippen LogP contribution in [0.3, 0.4) is 0 Å². The predicted octanol–water partition coefficient (Wildman–Crippen LogP) is 8.56. The smallest absolute Gasteiger partial charge is 0.0598 e. The molecule has 3 rings (SSSR count). The molecular weight excluding hydrogens is 347 g/mol. The fourth-order valence-electron chi connectivity index (χ4n) is 4.87. The summed E-state index contributed by atoms with van der Waals surface area (Å²) in [4.78, 5) is 0. The van der Waals surface area contributed by atoms with Crippen LogP contribution in [0.25, 0.3) is 5.57 Å². The van der Waals surface area contributed by atoms with Gasteiger partial charge in [-0.2, -0.15) is 0 Å². The van der Waals surface area contributed by atoms with Gasteiger partial charge in [0.15, 0.2) is 0 Å². The van der Waals surface area contributed by atoms with Crippen LogP contribution in [0, 0.1) is 17.8 Å². The maximum absolute atomic E-state index is 6.18. The van der Waals surface area contributed by atoms with Gasteiger partial charge < -0.3 is 0 Å². The maximum atomic E-state index is 6.18. The second-order valence-electron chi connectivity index (χ2n) is 8.17. The van der Waals surface area contributed by atoms with Crippen LogP contribution in [0.4, 0.5) is 0 Å². The number of hydrogen-bond donors (Lipinski definition) is 0. The second kappa shape index (κ2) is 9.47. The van der Waals surface area contributed by atoms with Crippen LogP contribution in [-0.2, 0) is 0 Å². The molecule has 0 bridgehead atoms. The lowest BCUT2D eigenvalue weighted by Gasteiger charge is -2.35. The molecule has 0 radical (unpaired) electrons. The van der Waals surface area contributed by atoms with Gasteiger partial charge in [-0.05, 0) is 73.1 Å². The molecule has 1 aromatic rings. The van der Waals surface area contributed by atoms with Crippen molar-refractivity contribution in [3.63, 3.8) is 0 Å². The zero-order valence-corrected chi connectivity index (χ0v) is 17.1. The van der Waals surface area contributed by atoms with Crippen molar-refractivity contribution in [2.45, 2.75) is 77.6 Å². The quantitative estimate of drug-likeness (QED) is 0.434. The first-order valence-corrected chi connectivity index (χ1v) is 11.1. The largest absolute Gasteiger partial charge is 0.0827 e. The van der Waals surface area contributed by atoms with E-state index in [1.165, 1.54) is 81.8 Å². The predicted molar refractivity (Wildman–Crippen MR) is 111 cm³/mol. The highest BCUT2D eigenvalue weighted by Crippen LogP contribution is 2.42. The molecule has 2 aliphatic carbocycles. The van der Waals surface area contributed by atoms with Crippen LogP contribution < -0.4 is 0 Å². The van der Waals surface area contributed by atoms with Gasteiger partial charge in [-0.15, -0.1) is 0 Å². The molecule has 0 saturated heterocycles. The van der Waals surface area contributed by atoms with Gasteiger partial charge in [0.1, 0.15) is 0 Å². The van der Waals surface area contributed by atoms with Crippen molar-refractivity contribution >= 4 is 28.8 Å². The second-order valence-corrected chi connectivity index (χ2v) is 8.98. The van der Waals surface area contributed by atoms with Gasteiger partial charge in [0, 0.05) is 0 Å². The van der Waals surface area contributed by atoms with Gasteiger partial charge in [-0.3, -0.25) is 0 Å². The molecule has 138 valence electrons. The first-order valence-electron chi connectivity index (χ1n) is 10.3. The normalized spacial score (nSPS) is 27.2. The van der Waals surface area contributed by atoms with Gasteiger partial charge in [0.25, 0.3) is 0 Å². The zero-order valence-electron chi connectivity index (χ0n) is 15.6. The number of rotatable bonds is 6. The number of halogens is 2. The van der Waals surface area contributed by atoms with E-state index >= 15 is 0 Å². The van der Waals surface area contributed by atoms with Gasteiger partial charge >= 0.3 is 0 Å². The van der Waals surface area contributed by atoms with E-state index in [-0.39, 0.29) is 0 Å². The van der Waals surface area contributed by atoms with Crippen LogP contribution >= 0.6 is 23.2 Å². The third-order valence-electron chi connectivity index (χ3n) is 6.52. The van der Waals surface area contributed by atoms with Gasteiger partial charge in [-0.1, -0.05) is 80.8 Å².